The van der Waals surface area contributed by atoms with Gasteiger partial charge in [-0.25, -0.2) is 9.69 Å². The highest BCUT2D eigenvalue weighted by atomic mass is 16.3. The van der Waals surface area contributed by atoms with E-state index in [-0.39, 0.29) is 30.6 Å². The molecule has 31 heavy (non-hydrogen) atoms. The highest BCUT2D eigenvalue weighted by Crippen LogP contribution is 2.40. The third kappa shape index (κ3) is 4.33. The molecule has 3 fully saturated rings. The lowest BCUT2D eigenvalue weighted by atomic mass is 9.71. The first-order valence-corrected chi connectivity index (χ1v) is 11.5. The average Bonchev–Trinajstić information content (AvgIpc) is 3.04. The summed E-state index contributed by atoms with van der Waals surface area (Å²) in [7, 11) is 0. The van der Waals surface area contributed by atoms with Crippen molar-refractivity contribution >= 4 is 23.5 Å². The first kappa shape index (κ1) is 21.8. The van der Waals surface area contributed by atoms with Crippen LogP contribution in [0.15, 0.2) is 24.3 Å². The fourth-order valence-corrected chi connectivity index (χ4v) is 5.20. The molecule has 2 N–H and O–H groups in total. The van der Waals surface area contributed by atoms with Gasteiger partial charge in [0.15, 0.2) is 0 Å². The number of rotatable bonds is 5. The molecule has 0 aromatic heterocycles. The van der Waals surface area contributed by atoms with Crippen LogP contribution in [0.4, 0.5) is 10.5 Å². The molecule has 4 amide bonds. The van der Waals surface area contributed by atoms with Crippen molar-refractivity contribution in [1.82, 2.24) is 10.2 Å². The first-order chi connectivity index (χ1) is 14.8. The molecule has 1 aromatic rings. The van der Waals surface area contributed by atoms with Crippen LogP contribution < -0.4 is 10.2 Å². The van der Waals surface area contributed by atoms with Crippen molar-refractivity contribution in [3.05, 3.63) is 29.8 Å². The van der Waals surface area contributed by atoms with Crippen molar-refractivity contribution in [1.29, 1.82) is 0 Å². The van der Waals surface area contributed by atoms with Gasteiger partial charge in [0, 0.05) is 25.4 Å². The van der Waals surface area contributed by atoms with E-state index in [1.54, 1.807) is 12.1 Å². The second-order valence-corrected chi connectivity index (χ2v) is 9.60. The summed E-state index contributed by atoms with van der Waals surface area (Å²) >= 11 is 0. The van der Waals surface area contributed by atoms with E-state index >= 15 is 0 Å². The lowest BCUT2D eigenvalue weighted by Gasteiger charge is -2.47. The van der Waals surface area contributed by atoms with E-state index in [0.29, 0.717) is 31.1 Å². The predicted octanol–water partition coefficient (Wildman–Crippen LogP) is 3.17. The van der Waals surface area contributed by atoms with E-state index < -0.39 is 17.7 Å². The molecule has 0 unspecified atom stereocenters. The summed E-state index contributed by atoms with van der Waals surface area (Å²) in [6, 6.07) is 6.32. The SMILES string of the molecule is CC(C)c1ccc(N2C(=O)N[C@@H](CCC(=O)N3CC[C@@]4(O)CCCC[C@H]4C3)C2=O)cc1. The highest BCUT2D eigenvalue weighted by molar-refractivity contribution is 6.21. The zero-order valence-corrected chi connectivity index (χ0v) is 18.5. The van der Waals surface area contributed by atoms with Crippen LogP contribution in [0.25, 0.3) is 0 Å². The Bertz CT molecular complexity index is 853. The number of imide groups is 1. The molecule has 1 aliphatic carbocycles. The van der Waals surface area contributed by atoms with Gasteiger partial charge in [0.05, 0.1) is 11.3 Å². The molecule has 168 valence electrons. The average molecular weight is 428 g/mol. The van der Waals surface area contributed by atoms with E-state index in [9.17, 15) is 19.5 Å². The van der Waals surface area contributed by atoms with Crippen molar-refractivity contribution in [2.24, 2.45) is 5.92 Å². The number of amides is 4. The van der Waals surface area contributed by atoms with Crippen LogP contribution in [0.1, 0.15) is 70.3 Å². The van der Waals surface area contributed by atoms with Crippen molar-refractivity contribution in [3.63, 3.8) is 0 Å². The number of fused-ring (bicyclic) bond motifs is 1. The number of nitrogens with one attached hydrogen (secondary N) is 1. The summed E-state index contributed by atoms with van der Waals surface area (Å²) in [6.07, 6.45) is 5.07. The number of nitrogens with zero attached hydrogens (tertiary/aromatic N) is 2. The predicted molar refractivity (Wildman–Crippen MR) is 118 cm³/mol. The van der Waals surface area contributed by atoms with Gasteiger partial charge in [-0.1, -0.05) is 38.8 Å². The molecule has 2 saturated heterocycles. The summed E-state index contributed by atoms with van der Waals surface area (Å²) in [6.45, 7) is 5.33. The van der Waals surface area contributed by atoms with Crippen LogP contribution in [0.3, 0.4) is 0 Å². The van der Waals surface area contributed by atoms with Crippen LogP contribution in [0.5, 0.6) is 0 Å². The van der Waals surface area contributed by atoms with Gasteiger partial charge in [-0.3, -0.25) is 9.59 Å². The number of carbonyl (C=O) groups is 3. The van der Waals surface area contributed by atoms with Crippen LogP contribution >= 0.6 is 0 Å². The maximum absolute atomic E-state index is 12.8. The Labute approximate surface area is 183 Å². The molecule has 7 nitrogen and oxygen atoms in total. The Balaban J connectivity index is 1.33. The molecule has 1 saturated carbocycles. The van der Waals surface area contributed by atoms with Crippen molar-refractivity contribution in [2.75, 3.05) is 18.0 Å². The number of hydrogen-bond acceptors (Lipinski definition) is 4. The summed E-state index contributed by atoms with van der Waals surface area (Å²) in [4.78, 5) is 41.0. The van der Waals surface area contributed by atoms with Gasteiger partial charge in [-0.05, 0) is 49.3 Å². The minimum Gasteiger partial charge on any atom is -0.389 e. The van der Waals surface area contributed by atoms with Gasteiger partial charge in [-0.15, -0.1) is 0 Å². The zero-order chi connectivity index (χ0) is 22.2. The summed E-state index contributed by atoms with van der Waals surface area (Å²) < 4.78 is 0. The van der Waals surface area contributed by atoms with E-state index in [4.69, 9.17) is 0 Å². The highest BCUT2D eigenvalue weighted by Gasteiger charge is 2.44. The molecule has 7 heteroatoms. The Kier molecular flexibility index (Phi) is 6.06. The van der Waals surface area contributed by atoms with E-state index in [0.717, 1.165) is 31.2 Å². The number of hydrogen-bond donors (Lipinski definition) is 2. The molecular weight excluding hydrogens is 394 g/mol. The monoisotopic (exact) mass is 427 g/mol. The quantitative estimate of drug-likeness (QED) is 0.707. The minimum absolute atomic E-state index is 0.00518. The molecule has 3 aliphatic rings. The Morgan fingerprint density at radius 2 is 1.94 bits per heavy atom. The second-order valence-electron chi connectivity index (χ2n) is 9.60. The number of anilines is 1. The van der Waals surface area contributed by atoms with Crippen LogP contribution in [0, 0.1) is 5.92 Å². The number of aliphatic hydroxyl groups is 1. The topological polar surface area (TPSA) is 90.0 Å². The van der Waals surface area contributed by atoms with Gasteiger partial charge in [0.1, 0.15) is 6.04 Å². The van der Waals surface area contributed by atoms with Crippen LogP contribution in [0.2, 0.25) is 0 Å². The van der Waals surface area contributed by atoms with Gasteiger partial charge in [0.2, 0.25) is 5.91 Å². The Morgan fingerprint density at radius 1 is 1.19 bits per heavy atom. The van der Waals surface area contributed by atoms with E-state index in [1.165, 1.54) is 4.90 Å². The first-order valence-electron chi connectivity index (χ1n) is 11.5. The molecule has 2 aliphatic heterocycles. The molecule has 2 heterocycles. The summed E-state index contributed by atoms with van der Waals surface area (Å²) in [5.41, 5.74) is 1.08. The van der Waals surface area contributed by atoms with Crippen molar-refractivity contribution in [2.45, 2.75) is 76.4 Å². The zero-order valence-electron chi connectivity index (χ0n) is 18.5. The third-order valence-corrected chi connectivity index (χ3v) is 7.26. The normalized spacial score (nSPS) is 28.6. The van der Waals surface area contributed by atoms with Gasteiger partial charge in [0.25, 0.3) is 5.91 Å². The van der Waals surface area contributed by atoms with E-state index in [1.807, 2.05) is 17.0 Å². The number of carbonyl (C=O) groups excluding carboxylic acids is 3. The van der Waals surface area contributed by atoms with Crippen molar-refractivity contribution < 1.29 is 19.5 Å². The lowest BCUT2D eigenvalue weighted by Crippen LogP contribution is -2.54. The Hall–Kier alpha value is -2.41. The fraction of sp³-hybridized carbons (Fsp3) is 0.625. The molecular formula is C24H33N3O4. The summed E-state index contributed by atoms with van der Waals surface area (Å²) in [5.74, 6) is 0.205. The molecule has 0 spiro atoms. The number of piperidine rings is 1. The standard InChI is InChI=1S/C24H33N3O4/c1-16(2)17-6-8-19(9-7-17)27-22(29)20(25-23(27)30)10-11-21(28)26-14-13-24(31)12-4-3-5-18(24)15-26/h6-9,16,18,20,31H,3-5,10-15H2,1-2H3,(H,25,30)/t18-,20-,24-/m0/s1. The fourth-order valence-electron chi connectivity index (χ4n) is 5.20. The summed E-state index contributed by atoms with van der Waals surface area (Å²) in [5, 5.41) is 13.5. The Morgan fingerprint density at radius 3 is 2.65 bits per heavy atom. The molecule has 0 radical (unpaired) electrons. The molecule has 3 atom stereocenters. The molecule has 0 bridgehead atoms. The number of likely N-dealkylation sites (tertiary alicyclic amines) is 1. The third-order valence-electron chi connectivity index (χ3n) is 7.26. The maximum atomic E-state index is 12.8. The molecule has 4 rings (SSSR count). The second kappa shape index (κ2) is 8.61. The largest absolute Gasteiger partial charge is 0.389 e. The molecule has 1 aromatic carbocycles. The number of benzene rings is 1. The van der Waals surface area contributed by atoms with Crippen LogP contribution in [-0.4, -0.2) is 52.6 Å². The van der Waals surface area contributed by atoms with Gasteiger partial charge in [-0.2, -0.15) is 0 Å². The van der Waals surface area contributed by atoms with Crippen molar-refractivity contribution in [3.8, 4) is 0 Å². The lowest BCUT2D eigenvalue weighted by molar-refractivity contribution is -0.143. The van der Waals surface area contributed by atoms with Crippen LogP contribution in [-0.2, 0) is 9.59 Å². The van der Waals surface area contributed by atoms with E-state index in [2.05, 4.69) is 19.2 Å². The minimum atomic E-state index is -0.683. The maximum Gasteiger partial charge on any atom is 0.329 e. The van der Waals surface area contributed by atoms with Gasteiger partial charge >= 0.3 is 6.03 Å². The number of urea groups is 1. The smallest absolute Gasteiger partial charge is 0.329 e. The van der Waals surface area contributed by atoms with Gasteiger partial charge < -0.3 is 15.3 Å².